The molecule has 1 aromatic rings. The van der Waals surface area contributed by atoms with Crippen LogP contribution in [0.2, 0.25) is 0 Å². The standard InChI is InChI=1S/C9H15F3N4O2S/c1-3-13-4-7-6(2)15-16-8(7)19(17,18)14-5-9(10,11)12/h13-14H,3-5H2,1-2H3,(H,15,16). The molecule has 19 heavy (non-hydrogen) atoms. The topological polar surface area (TPSA) is 86.9 Å². The molecule has 0 aliphatic carbocycles. The van der Waals surface area contributed by atoms with Crippen LogP contribution in [0.5, 0.6) is 0 Å². The van der Waals surface area contributed by atoms with Crippen LogP contribution in [-0.4, -0.2) is 37.9 Å². The van der Waals surface area contributed by atoms with E-state index in [0.29, 0.717) is 17.8 Å². The number of hydrogen-bond donors (Lipinski definition) is 3. The highest BCUT2D eigenvalue weighted by Crippen LogP contribution is 2.18. The van der Waals surface area contributed by atoms with E-state index in [4.69, 9.17) is 0 Å². The smallest absolute Gasteiger partial charge is 0.313 e. The number of aromatic amines is 1. The van der Waals surface area contributed by atoms with Gasteiger partial charge in [-0.25, -0.2) is 13.1 Å². The summed E-state index contributed by atoms with van der Waals surface area (Å²) in [4.78, 5) is 0. The van der Waals surface area contributed by atoms with Crippen LogP contribution < -0.4 is 10.0 Å². The van der Waals surface area contributed by atoms with Crippen molar-refractivity contribution in [2.45, 2.75) is 31.6 Å². The highest BCUT2D eigenvalue weighted by atomic mass is 32.2. The van der Waals surface area contributed by atoms with Gasteiger partial charge in [0.25, 0.3) is 10.0 Å². The van der Waals surface area contributed by atoms with Crippen molar-refractivity contribution in [2.24, 2.45) is 0 Å². The maximum absolute atomic E-state index is 12.0. The van der Waals surface area contributed by atoms with Crippen LogP contribution in [0, 0.1) is 6.92 Å². The van der Waals surface area contributed by atoms with Gasteiger partial charge in [0, 0.05) is 17.8 Å². The van der Waals surface area contributed by atoms with Gasteiger partial charge in [0.05, 0.1) is 0 Å². The fraction of sp³-hybridized carbons (Fsp3) is 0.667. The van der Waals surface area contributed by atoms with E-state index in [2.05, 4.69) is 15.5 Å². The highest BCUT2D eigenvalue weighted by molar-refractivity contribution is 7.89. The van der Waals surface area contributed by atoms with Gasteiger partial charge in [-0.15, -0.1) is 0 Å². The maximum Gasteiger partial charge on any atom is 0.402 e. The van der Waals surface area contributed by atoms with Gasteiger partial charge in [0.2, 0.25) is 0 Å². The quantitative estimate of drug-likeness (QED) is 0.720. The molecular weight excluding hydrogens is 285 g/mol. The number of aromatic nitrogens is 2. The molecule has 6 nitrogen and oxygen atoms in total. The molecular formula is C9H15F3N4O2S. The number of hydrogen-bond acceptors (Lipinski definition) is 4. The van der Waals surface area contributed by atoms with E-state index in [0.717, 1.165) is 0 Å². The summed E-state index contributed by atoms with van der Waals surface area (Å²) in [6.07, 6.45) is -4.61. The van der Waals surface area contributed by atoms with Gasteiger partial charge in [-0.3, -0.25) is 5.10 Å². The Kier molecular flexibility index (Phi) is 4.93. The molecule has 3 N–H and O–H groups in total. The molecule has 1 rings (SSSR count). The molecule has 0 aliphatic rings. The van der Waals surface area contributed by atoms with Crippen molar-refractivity contribution in [1.29, 1.82) is 0 Å². The number of nitrogens with zero attached hydrogens (tertiary/aromatic N) is 1. The number of rotatable bonds is 6. The predicted molar refractivity (Wildman–Crippen MR) is 61.9 cm³/mol. The summed E-state index contributed by atoms with van der Waals surface area (Å²) in [7, 11) is -4.29. The number of nitrogens with one attached hydrogen (secondary N) is 3. The zero-order valence-electron chi connectivity index (χ0n) is 10.4. The first kappa shape index (κ1) is 15.9. The Hall–Kier alpha value is -1.13. The molecule has 0 spiro atoms. The fourth-order valence-electron chi connectivity index (χ4n) is 1.36. The van der Waals surface area contributed by atoms with Crippen LogP contribution in [0.4, 0.5) is 13.2 Å². The van der Waals surface area contributed by atoms with Gasteiger partial charge in [0.15, 0.2) is 5.03 Å². The van der Waals surface area contributed by atoms with E-state index in [-0.39, 0.29) is 6.54 Å². The minimum absolute atomic E-state index is 0.209. The summed E-state index contributed by atoms with van der Waals surface area (Å²) in [6, 6.07) is 0. The minimum atomic E-state index is -4.61. The van der Waals surface area contributed by atoms with Crippen molar-refractivity contribution >= 4 is 10.0 Å². The molecule has 0 atom stereocenters. The van der Waals surface area contributed by atoms with Gasteiger partial charge in [-0.05, 0) is 13.5 Å². The molecule has 0 fully saturated rings. The Morgan fingerprint density at radius 2 is 2.00 bits per heavy atom. The summed E-state index contributed by atoms with van der Waals surface area (Å²) in [6.45, 7) is 2.61. The van der Waals surface area contributed by atoms with Crippen molar-refractivity contribution in [3.05, 3.63) is 11.3 Å². The second-order valence-corrected chi connectivity index (χ2v) is 5.53. The number of sulfonamides is 1. The number of aryl methyl sites for hydroxylation is 1. The lowest BCUT2D eigenvalue weighted by Crippen LogP contribution is -2.34. The lowest BCUT2D eigenvalue weighted by molar-refractivity contribution is -0.121. The summed E-state index contributed by atoms with van der Waals surface area (Å²) >= 11 is 0. The zero-order valence-corrected chi connectivity index (χ0v) is 11.2. The normalized spacial score (nSPS) is 12.9. The van der Waals surface area contributed by atoms with Gasteiger partial charge in [-0.1, -0.05) is 6.92 Å². The fourth-order valence-corrected chi connectivity index (χ4v) is 2.56. The van der Waals surface area contributed by atoms with Gasteiger partial charge in [-0.2, -0.15) is 18.3 Å². The lowest BCUT2D eigenvalue weighted by atomic mass is 10.2. The maximum atomic E-state index is 12.0. The molecule has 0 saturated heterocycles. The third kappa shape index (κ3) is 4.48. The summed E-state index contributed by atoms with van der Waals surface area (Å²) < 4.78 is 61.1. The van der Waals surface area contributed by atoms with Gasteiger partial charge >= 0.3 is 6.18 Å². The molecule has 0 aromatic carbocycles. The van der Waals surface area contributed by atoms with E-state index in [9.17, 15) is 21.6 Å². The van der Waals surface area contributed by atoms with Crippen LogP contribution in [0.1, 0.15) is 18.2 Å². The second-order valence-electron chi connectivity index (χ2n) is 3.85. The number of halogens is 3. The highest BCUT2D eigenvalue weighted by Gasteiger charge is 2.32. The Morgan fingerprint density at radius 1 is 1.37 bits per heavy atom. The van der Waals surface area contributed by atoms with Crippen LogP contribution in [0.3, 0.4) is 0 Å². The first-order valence-electron chi connectivity index (χ1n) is 5.48. The Balaban J connectivity index is 2.95. The van der Waals surface area contributed by atoms with E-state index < -0.39 is 27.8 Å². The molecule has 0 amide bonds. The first-order valence-corrected chi connectivity index (χ1v) is 6.96. The minimum Gasteiger partial charge on any atom is -0.313 e. The summed E-state index contributed by atoms with van der Waals surface area (Å²) in [5, 5.41) is 8.51. The molecule has 10 heteroatoms. The average molecular weight is 300 g/mol. The summed E-state index contributed by atoms with van der Waals surface area (Å²) in [5.74, 6) is 0. The van der Waals surface area contributed by atoms with Crippen molar-refractivity contribution in [3.8, 4) is 0 Å². The van der Waals surface area contributed by atoms with Crippen LogP contribution in [-0.2, 0) is 16.6 Å². The molecule has 0 unspecified atom stereocenters. The summed E-state index contributed by atoms with van der Waals surface area (Å²) in [5.41, 5.74) is 0.824. The van der Waals surface area contributed by atoms with Crippen molar-refractivity contribution in [2.75, 3.05) is 13.1 Å². The lowest BCUT2D eigenvalue weighted by Gasteiger charge is -2.09. The third-order valence-corrected chi connectivity index (χ3v) is 3.68. The third-order valence-electron chi connectivity index (χ3n) is 2.30. The van der Waals surface area contributed by atoms with E-state index in [1.807, 2.05) is 6.92 Å². The van der Waals surface area contributed by atoms with Crippen LogP contribution in [0.25, 0.3) is 0 Å². The zero-order chi connectivity index (χ0) is 14.7. The molecule has 0 aliphatic heterocycles. The van der Waals surface area contributed by atoms with Crippen LogP contribution in [0.15, 0.2) is 5.03 Å². The molecule has 0 bridgehead atoms. The van der Waals surface area contributed by atoms with E-state index in [1.54, 1.807) is 6.92 Å². The number of H-pyrrole nitrogens is 1. The van der Waals surface area contributed by atoms with Crippen molar-refractivity contribution < 1.29 is 21.6 Å². The Morgan fingerprint density at radius 3 is 2.53 bits per heavy atom. The monoisotopic (exact) mass is 300 g/mol. The molecule has 0 saturated carbocycles. The van der Waals surface area contributed by atoms with E-state index >= 15 is 0 Å². The van der Waals surface area contributed by atoms with E-state index in [1.165, 1.54) is 4.72 Å². The SMILES string of the molecule is CCNCc1c(S(=O)(=O)NCC(F)(F)F)n[nH]c1C. The number of alkyl halides is 3. The van der Waals surface area contributed by atoms with Gasteiger partial charge < -0.3 is 5.32 Å². The van der Waals surface area contributed by atoms with Crippen molar-refractivity contribution in [1.82, 2.24) is 20.2 Å². The van der Waals surface area contributed by atoms with Gasteiger partial charge in [0.1, 0.15) is 6.54 Å². The largest absolute Gasteiger partial charge is 0.402 e. The second kappa shape index (κ2) is 5.88. The van der Waals surface area contributed by atoms with Crippen LogP contribution >= 0.6 is 0 Å². The Bertz CT molecular complexity index is 524. The Labute approximate surface area is 108 Å². The molecule has 110 valence electrons. The van der Waals surface area contributed by atoms with Crippen molar-refractivity contribution in [3.63, 3.8) is 0 Å². The average Bonchev–Trinajstić information content (AvgIpc) is 2.65. The molecule has 0 radical (unpaired) electrons. The first-order chi connectivity index (χ1) is 8.67. The molecule has 1 aromatic heterocycles. The molecule has 1 heterocycles. The predicted octanol–water partition coefficient (Wildman–Crippen LogP) is 0.668.